The van der Waals surface area contributed by atoms with Gasteiger partial charge < -0.3 is 15.4 Å². The summed E-state index contributed by atoms with van der Waals surface area (Å²) in [7, 11) is 0. The molecule has 0 saturated heterocycles. The third kappa shape index (κ3) is 3.63. The van der Waals surface area contributed by atoms with E-state index in [9.17, 15) is 0 Å². The van der Waals surface area contributed by atoms with E-state index in [0.29, 0.717) is 25.0 Å². The van der Waals surface area contributed by atoms with Gasteiger partial charge in [-0.25, -0.2) is 4.98 Å². The number of nitrogens with zero attached hydrogens (tertiary/aromatic N) is 4. The molecular formula is C25H27N5O. The average Bonchev–Trinajstić information content (AvgIpc) is 3.10. The zero-order valence-corrected chi connectivity index (χ0v) is 18.2. The van der Waals surface area contributed by atoms with Gasteiger partial charge in [0.25, 0.3) is 0 Å². The third-order valence-corrected chi connectivity index (χ3v) is 6.01. The highest BCUT2D eigenvalue weighted by atomic mass is 16.5. The molecule has 0 bridgehead atoms. The maximum atomic E-state index is 6.09. The minimum absolute atomic E-state index is 0.303. The van der Waals surface area contributed by atoms with Crippen molar-refractivity contribution in [1.29, 1.82) is 0 Å². The molecule has 6 heteroatoms. The van der Waals surface area contributed by atoms with Gasteiger partial charge in [-0.1, -0.05) is 32.0 Å². The predicted octanol–water partition coefficient (Wildman–Crippen LogP) is 4.82. The predicted molar refractivity (Wildman–Crippen MR) is 126 cm³/mol. The van der Waals surface area contributed by atoms with Crippen LogP contribution in [0.4, 0.5) is 17.5 Å². The molecule has 0 radical (unpaired) electrons. The highest BCUT2D eigenvalue weighted by Gasteiger charge is 2.23. The number of nitrogens with two attached hydrogens (primary N) is 1. The van der Waals surface area contributed by atoms with E-state index in [1.165, 1.54) is 11.1 Å². The molecule has 3 aromatic rings. The first kappa shape index (κ1) is 19.5. The van der Waals surface area contributed by atoms with Crippen molar-refractivity contribution in [2.45, 2.75) is 39.7 Å². The molecule has 0 spiro atoms. The summed E-state index contributed by atoms with van der Waals surface area (Å²) in [4.78, 5) is 15.8. The Hall–Kier alpha value is -3.41. The quantitative estimate of drug-likeness (QED) is 0.666. The maximum absolute atomic E-state index is 6.09. The van der Waals surface area contributed by atoms with Gasteiger partial charge >= 0.3 is 0 Å². The Kier molecular flexibility index (Phi) is 4.85. The molecule has 158 valence electrons. The molecule has 0 amide bonds. The number of hydrogen-bond acceptors (Lipinski definition) is 6. The smallest absolute Gasteiger partial charge is 0.222 e. The summed E-state index contributed by atoms with van der Waals surface area (Å²) in [6.45, 7) is 8.40. The van der Waals surface area contributed by atoms with Crippen LogP contribution in [0.2, 0.25) is 0 Å². The van der Waals surface area contributed by atoms with Crippen LogP contribution in [-0.2, 0) is 13.0 Å². The number of aliphatic imine (C=N–C) groups is 1. The van der Waals surface area contributed by atoms with Gasteiger partial charge in [0.05, 0.1) is 12.2 Å². The van der Waals surface area contributed by atoms with Gasteiger partial charge in [-0.2, -0.15) is 4.98 Å². The Morgan fingerprint density at radius 3 is 2.68 bits per heavy atom. The van der Waals surface area contributed by atoms with Gasteiger partial charge in [0, 0.05) is 36.0 Å². The second kappa shape index (κ2) is 7.69. The van der Waals surface area contributed by atoms with Crippen molar-refractivity contribution in [3.8, 4) is 16.9 Å². The fourth-order valence-electron chi connectivity index (χ4n) is 4.54. The number of aromatic nitrogens is 2. The minimum atomic E-state index is 0.303. The number of benzene rings is 2. The molecule has 6 nitrogen and oxygen atoms in total. The topological polar surface area (TPSA) is 76.6 Å². The zero-order chi connectivity index (χ0) is 21.5. The Labute approximate surface area is 182 Å². The van der Waals surface area contributed by atoms with E-state index in [4.69, 9.17) is 10.5 Å². The van der Waals surface area contributed by atoms with Gasteiger partial charge in [-0.3, -0.25) is 4.99 Å². The number of fused-ring (bicyclic) bond motifs is 2. The van der Waals surface area contributed by atoms with E-state index < -0.39 is 0 Å². The molecule has 0 fully saturated rings. The van der Waals surface area contributed by atoms with Crippen molar-refractivity contribution in [2.75, 3.05) is 23.8 Å². The Bertz CT molecular complexity index is 1180. The first-order valence-corrected chi connectivity index (χ1v) is 10.8. The van der Waals surface area contributed by atoms with Crippen LogP contribution < -0.4 is 15.4 Å². The highest BCUT2D eigenvalue weighted by molar-refractivity contribution is 5.79. The lowest BCUT2D eigenvalue weighted by Gasteiger charge is -2.26. The number of rotatable bonds is 3. The zero-order valence-electron chi connectivity index (χ0n) is 18.2. The van der Waals surface area contributed by atoms with Crippen LogP contribution in [0.3, 0.4) is 0 Å². The first-order valence-electron chi connectivity index (χ1n) is 10.8. The van der Waals surface area contributed by atoms with Crippen LogP contribution in [-0.4, -0.2) is 29.3 Å². The minimum Gasteiger partial charge on any atom is -0.491 e. The number of anilines is 2. The van der Waals surface area contributed by atoms with Gasteiger partial charge in [0.2, 0.25) is 5.95 Å². The fraction of sp³-hybridized carbons (Fsp3) is 0.320. The first-order chi connectivity index (χ1) is 15.0. The molecule has 0 atom stereocenters. The van der Waals surface area contributed by atoms with E-state index in [-0.39, 0.29) is 0 Å². The lowest BCUT2D eigenvalue weighted by Crippen LogP contribution is -2.28. The van der Waals surface area contributed by atoms with E-state index in [2.05, 4.69) is 70.1 Å². The monoisotopic (exact) mass is 413 g/mol. The Morgan fingerprint density at radius 1 is 1.03 bits per heavy atom. The number of ether oxygens (including phenoxy) is 1. The summed E-state index contributed by atoms with van der Waals surface area (Å²) in [6, 6.07) is 12.9. The highest BCUT2D eigenvalue weighted by Crippen LogP contribution is 2.36. The molecule has 1 aromatic heterocycles. The molecule has 2 aliphatic heterocycles. The van der Waals surface area contributed by atoms with Gasteiger partial charge in [0.1, 0.15) is 18.2 Å². The molecule has 0 unspecified atom stereocenters. The number of aryl methyl sites for hydroxylation is 1. The average molecular weight is 414 g/mol. The molecule has 0 saturated carbocycles. The molecule has 2 N–H and O–H groups in total. The Balaban J connectivity index is 1.53. The fourth-order valence-corrected chi connectivity index (χ4v) is 4.54. The molecule has 3 heterocycles. The Morgan fingerprint density at radius 2 is 1.84 bits per heavy atom. The number of hydrogen-bond donors (Lipinski definition) is 1. The SMILES string of the molecule is Cc1nc(N)nc(N2CCOc3ccc(-c4ccc5c(c4)N=CC5)cc3C2)c1C(C)C. The summed E-state index contributed by atoms with van der Waals surface area (Å²) in [6.07, 6.45) is 2.89. The summed E-state index contributed by atoms with van der Waals surface area (Å²) in [5.41, 5.74) is 13.9. The van der Waals surface area contributed by atoms with Gasteiger partial charge in [0.15, 0.2) is 0 Å². The largest absolute Gasteiger partial charge is 0.491 e. The maximum Gasteiger partial charge on any atom is 0.222 e. The summed E-state index contributed by atoms with van der Waals surface area (Å²) in [5.74, 6) is 2.45. The van der Waals surface area contributed by atoms with Crippen molar-refractivity contribution in [3.05, 3.63) is 58.8 Å². The van der Waals surface area contributed by atoms with Crippen molar-refractivity contribution in [1.82, 2.24) is 9.97 Å². The molecular weight excluding hydrogens is 386 g/mol. The molecule has 2 aromatic carbocycles. The van der Waals surface area contributed by atoms with Crippen LogP contribution in [0.5, 0.6) is 5.75 Å². The van der Waals surface area contributed by atoms with Crippen LogP contribution >= 0.6 is 0 Å². The van der Waals surface area contributed by atoms with E-state index in [1.807, 2.05) is 13.1 Å². The molecule has 31 heavy (non-hydrogen) atoms. The van der Waals surface area contributed by atoms with Gasteiger partial charge in [-0.05, 0) is 47.7 Å². The van der Waals surface area contributed by atoms with E-state index in [0.717, 1.165) is 52.6 Å². The van der Waals surface area contributed by atoms with Gasteiger partial charge in [-0.15, -0.1) is 0 Å². The standard InChI is InChI=1S/C25H27N5O/c1-15(2)23-16(3)28-25(26)29-24(23)30-10-11-31-22-7-6-18(12-20(22)14-30)19-5-4-17-8-9-27-21(17)13-19/h4-7,9,12-13,15H,8,10-11,14H2,1-3H3,(H2,26,28,29). The van der Waals surface area contributed by atoms with Crippen LogP contribution in [0, 0.1) is 6.92 Å². The second-order valence-electron chi connectivity index (χ2n) is 8.51. The molecule has 2 aliphatic rings. The van der Waals surface area contributed by atoms with Crippen molar-refractivity contribution < 1.29 is 4.74 Å². The van der Waals surface area contributed by atoms with Crippen LogP contribution in [0.15, 0.2) is 41.4 Å². The van der Waals surface area contributed by atoms with Crippen LogP contribution in [0.1, 0.15) is 42.1 Å². The lowest BCUT2D eigenvalue weighted by atomic mass is 9.99. The molecule has 0 aliphatic carbocycles. The summed E-state index contributed by atoms with van der Waals surface area (Å²) >= 11 is 0. The normalized spacial score (nSPS) is 14.9. The summed E-state index contributed by atoms with van der Waals surface area (Å²) in [5, 5.41) is 0. The van der Waals surface area contributed by atoms with E-state index in [1.54, 1.807) is 0 Å². The molecule has 5 rings (SSSR count). The van der Waals surface area contributed by atoms with Crippen molar-refractivity contribution >= 4 is 23.7 Å². The van der Waals surface area contributed by atoms with E-state index >= 15 is 0 Å². The van der Waals surface area contributed by atoms with Crippen molar-refractivity contribution in [2.24, 2.45) is 4.99 Å². The number of nitrogen functional groups attached to an aromatic ring is 1. The lowest BCUT2D eigenvalue weighted by molar-refractivity contribution is 0.331. The summed E-state index contributed by atoms with van der Waals surface area (Å²) < 4.78 is 6.09. The van der Waals surface area contributed by atoms with Crippen molar-refractivity contribution in [3.63, 3.8) is 0 Å². The van der Waals surface area contributed by atoms with Crippen LogP contribution in [0.25, 0.3) is 11.1 Å². The second-order valence-corrected chi connectivity index (χ2v) is 8.51. The third-order valence-electron chi connectivity index (χ3n) is 6.01.